The zero-order valence-electron chi connectivity index (χ0n) is 44.0. The molecule has 0 heterocycles. The Morgan fingerprint density at radius 2 is 0.508 bits per heavy atom. The number of allylic oxidation sites excluding steroid dienone is 2. The van der Waals surface area contributed by atoms with Gasteiger partial charge in [-0.3, -0.25) is 14.4 Å². The summed E-state index contributed by atoms with van der Waals surface area (Å²) in [5.41, 5.74) is 0. The number of esters is 3. The van der Waals surface area contributed by atoms with Crippen LogP contribution in [0.25, 0.3) is 0 Å². The predicted molar refractivity (Wildman–Crippen MR) is 280 cm³/mol. The first-order valence-corrected chi connectivity index (χ1v) is 29.2. The van der Waals surface area contributed by atoms with Gasteiger partial charge in [-0.25, -0.2) is 0 Å². The van der Waals surface area contributed by atoms with Gasteiger partial charge in [-0.1, -0.05) is 277 Å². The van der Waals surface area contributed by atoms with Crippen molar-refractivity contribution in [2.75, 3.05) is 13.2 Å². The Hall–Kier alpha value is -1.85. The lowest BCUT2D eigenvalue weighted by Gasteiger charge is -2.18. The first-order valence-electron chi connectivity index (χ1n) is 29.2. The van der Waals surface area contributed by atoms with Gasteiger partial charge < -0.3 is 14.2 Å². The number of carbonyl (C=O) groups excluding carboxylic acids is 3. The normalized spacial score (nSPS) is 12.0. The van der Waals surface area contributed by atoms with Crippen LogP contribution in [0.1, 0.15) is 329 Å². The van der Waals surface area contributed by atoms with Gasteiger partial charge >= 0.3 is 17.9 Å². The van der Waals surface area contributed by atoms with Crippen LogP contribution in [0.5, 0.6) is 0 Å². The zero-order chi connectivity index (χ0) is 47.2. The maximum absolute atomic E-state index is 12.8. The predicted octanol–water partition coefficient (Wildman–Crippen LogP) is 19.3. The Labute approximate surface area is 405 Å². The molecule has 0 saturated heterocycles. The van der Waals surface area contributed by atoms with Crippen LogP contribution in [0.15, 0.2) is 12.2 Å². The number of hydrogen-bond donors (Lipinski definition) is 0. The molecule has 0 aliphatic heterocycles. The average Bonchev–Trinajstić information content (AvgIpc) is 3.30. The lowest BCUT2D eigenvalue weighted by atomic mass is 10.0. The molecule has 0 aliphatic rings. The summed E-state index contributed by atoms with van der Waals surface area (Å²) in [5.74, 6) is -0.851. The minimum atomic E-state index is -0.767. The Bertz CT molecular complexity index is 1010. The van der Waals surface area contributed by atoms with Gasteiger partial charge in [0.2, 0.25) is 0 Å². The quantitative estimate of drug-likeness (QED) is 0.0262. The molecule has 0 fully saturated rings. The second-order valence-electron chi connectivity index (χ2n) is 19.9. The first-order chi connectivity index (χ1) is 32.0. The zero-order valence-corrected chi connectivity index (χ0v) is 44.0. The van der Waals surface area contributed by atoms with Crippen LogP contribution in [0.4, 0.5) is 0 Å². The summed E-state index contributed by atoms with van der Waals surface area (Å²) in [6.07, 6.45) is 62.0. The third-order valence-corrected chi connectivity index (χ3v) is 13.3. The van der Waals surface area contributed by atoms with Gasteiger partial charge in [0, 0.05) is 19.3 Å². The molecule has 0 N–H and O–H groups in total. The molecule has 65 heavy (non-hydrogen) atoms. The van der Waals surface area contributed by atoms with E-state index in [1.54, 1.807) is 0 Å². The number of rotatable bonds is 54. The molecule has 0 rings (SSSR count). The summed E-state index contributed by atoms with van der Waals surface area (Å²) >= 11 is 0. The molecule has 0 bridgehead atoms. The molecule has 6 nitrogen and oxygen atoms in total. The fraction of sp³-hybridized carbons (Fsp3) is 0.915. The van der Waals surface area contributed by atoms with Crippen molar-refractivity contribution < 1.29 is 28.6 Å². The molecule has 1 unspecified atom stereocenters. The van der Waals surface area contributed by atoms with Crippen LogP contribution in [-0.4, -0.2) is 37.2 Å². The van der Waals surface area contributed by atoms with E-state index >= 15 is 0 Å². The number of ether oxygens (including phenoxy) is 3. The topological polar surface area (TPSA) is 78.9 Å². The van der Waals surface area contributed by atoms with E-state index in [1.165, 1.54) is 225 Å². The highest BCUT2D eigenvalue weighted by Gasteiger charge is 2.19. The van der Waals surface area contributed by atoms with Crippen LogP contribution in [-0.2, 0) is 28.6 Å². The van der Waals surface area contributed by atoms with Crippen LogP contribution in [0, 0.1) is 0 Å². The van der Waals surface area contributed by atoms with Crippen molar-refractivity contribution in [3.8, 4) is 0 Å². The maximum Gasteiger partial charge on any atom is 0.306 e. The molecule has 0 amide bonds. The highest BCUT2D eigenvalue weighted by atomic mass is 16.6. The Balaban J connectivity index is 4.30. The van der Waals surface area contributed by atoms with Gasteiger partial charge in [0.25, 0.3) is 0 Å². The molecular formula is C59H112O6. The van der Waals surface area contributed by atoms with Gasteiger partial charge in [-0.15, -0.1) is 0 Å². The van der Waals surface area contributed by atoms with E-state index in [9.17, 15) is 14.4 Å². The van der Waals surface area contributed by atoms with E-state index in [4.69, 9.17) is 14.2 Å². The largest absolute Gasteiger partial charge is 0.462 e. The summed E-state index contributed by atoms with van der Waals surface area (Å²) < 4.78 is 16.9. The lowest BCUT2D eigenvalue weighted by Crippen LogP contribution is -2.30. The standard InChI is InChI=1S/C59H112O6/c1-4-7-10-13-16-19-22-25-27-29-31-32-34-37-40-43-46-49-52-58(61)64-55-56(54-63-57(60)51-48-45-42-39-36-24-21-18-15-12-9-6-3)65-59(62)53-50-47-44-41-38-35-33-30-28-26-23-20-17-14-11-8-5-2/h31-32,56H,4-30,33-55H2,1-3H3/b32-31-. The highest BCUT2D eigenvalue weighted by Crippen LogP contribution is 2.17. The van der Waals surface area contributed by atoms with Gasteiger partial charge in [0.1, 0.15) is 13.2 Å². The van der Waals surface area contributed by atoms with E-state index in [2.05, 4.69) is 32.9 Å². The third kappa shape index (κ3) is 53.0. The van der Waals surface area contributed by atoms with Crippen molar-refractivity contribution in [2.24, 2.45) is 0 Å². The molecular weight excluding hydrogens is 805 g/mol. The molecule has 0 radical (unpaired) electrons. The molecule has 0 aliphatic carbocycles. The molecule has 1 atom stereocenters. The lowest BCUT2D eigenvalue weighted by molar-refractivity contribution is -0.167. The van der Waals surface area contributed by atoms with Crippen molar-refractivity contribution in [1.82, 2.24) is 0 Å². The van der Waals surface area contributed by atoms with Crippen molar-refractivity contribution in [2.45, 2.75) is 335 Å². The third-order valence-electron chi connectivity index (χ3n) is 13.3. The van der Waals surface area contributed by atoms with Gasteiger partial charge in [-0.05, 0) is 44.9 Å². The van der Waals surface area contributed by atoms with E-state index in [1.807, 2.05) is 0 Å². The number of hydrogen-bond acceptors (Lipinski definition) is 6. The monoisotopic (exact) mass is 917 g/mol. The molecule has 6 heteroatoms. The summed E-state index contributed by atoms with van der Waals surface area (Å²) in [4.78, 5) is 38.1. The van der Waals surface area contributed by atoms with E-state index < -0.39 is 6.10 Å². The number of carbonyl (C=O) groups is 3. The van der Waals surface area contributed by atoms with Crippen LogP contribution in [0.2, 0.25) is 0 Å². The van der Waals surface area contributed by atoms with Gasteiger partial charge in [0.15, 0.2) is 6.10 Å². The second kappa shape index (κ2) is 54.8. The van der Waals surface area contributed by atoms with Gasteiger partial charge in [0.05, 0.1) is 0 Å². The molecule has 0 aromatic heterocycles. The molecule has 0 spiro atoms. The molecule has 0 aromatic rings. The van der Waals surface area contributed by atoms with E-state index in [0.717, 1.165) is 64.2 Å². The molecule has 0 aromatic carbocycles. The summed E-state index contributed by atoms with van der Waals surface area (Å²) in [6, 6.07) is 0. The van der Waals surface area contributed by atoms with Crippen molar-refractivity contribution in [3.05, 3.63) is 12.2 Å². The van der Waals surface area contributed by atoms with Crippen LogP contribution < -0.4 is 0 Å². The maximum atomic E-state index is 12.8. The second-order valence-corrected chi connectivity index (χ2v) is 19.9. The number of unbranched alkanes of at least 4 members (excludes halogenated alkanes) is 41. The minimum Gasteiger partial charge on any atom is -0.462 e. The van der Waals surface area contributed by atoms with Crippen molar-refractivity contribution in [3.63, 3.8) is 0 Å². The summed E-state index contributed by atoms with van der Waals surface area (Å²) in [7, 11) is 0. The fourth-order valence-corrected chi connectivity index (χ4v) is 8.85. The van der Waals surface area contributed by atoms with Crippen LogP contribution >= 0.6 is 0 Å². The van der Waals surface area contributed by atoms with Crippen molar-refractivity contribution >= 4 is 17.9 Å². The van der Waals surface area contributed by atoms with Crippen LogP contribution in [0.3, 0.4) is 0 Å². The average molecular weight is 918 g/mol. The van der Waals surface area contributed by atoms with E-state index in [0.29, 0.717) is 19.3 Å². The van der Waals surface area contributed by atoms with E-state index in [-0.39, 0.29) is 31.1 Å². The minimum absolute atomic E-state index is 0.0667. The molecule has 0 saturated carbocycles. The smallest absolute Gasteiger partial charge is 0.306 e. The van der Waals surface area contributed by atoms with Gasteiger partial charge in [-0.2, -0.15) is 0 Å². The Morgan fingerprint density at radius 3 is 0.769 bits per heavy atom. The SMILES string of the molecule is CCCCCCCCCCC/C=C\CCCCCCCC(=O)OCC(COC(=O)CCCCCCCCCCCCCC)OC(=O)CCCCCCCCCCCCCCCCCCC. The fourth-order valence-electron chi connectivity index (χ4n) is 8.85. The molecule has 384 valence electrons. The first kappa shape index (κ1) is 63.1. The summed E-state index contributed by atoms with van der Waals surface area (Å²) in [6.45, 7) is 6.69. The summed E-state index contributed by atoms with van der Waals surface area (Å²) in [5, 5.41) is 0. The highest BCUT2D eigenvalue weighted by molar-refractivity contribution is 5.71. The Kier molecular flexibility index (Phi) is 53.2. The Morgan fingerprint density at radius 1 is 0.292 bits per heavy atom. The van der Waals surface area contributed by atoms with Crippen molar-refractivity contribution in [1.29, 1.82) is 0 Å².